The van der Waals surface area contributed by atoms with Crippen molar-refractivity contribution in [3.8, 4) is 22.8 Å². The summed E-state index contributed by atoms with van der Waals surface area (Å²) in [5.41, 5.74) is 2.68. The van der Waals surface area contributed by atoms with Crippen molar-refractivity contribution in [1.82, 2.24) is 9.78 Å². The van der Waals surface area contributed by atoms with E-state index in [0.717, 1.165) is 16.9 Å². The average molecular weight is 271 g/mol. The lowest BCUT2D eigenvalue weighted by Crippen LogP contribution is -1.98. The molecule has 0 fully saturated rings. The predicted octanol–water partition coefficient (Wildman–Crippen LogP) is 3.90. The number of aromatic hydroxyl groups is 1. The Morgan fingerprint density at radius 2 is 1.63 bits per heavy atom. The number of hydrogen-bond acceptors (Lipinski definition) is 2. The van der Waals surface area contributed by atoms with Crippen LogP contribution in [0.4, 0.5) is 0 Å². The largest absolute Gasteiger partial charge is 0.492 e. The highest BCUT2D eigenvalue weighted by molar-refractivity contribution is 6.30. The van der Waals surface area contributed by atoms with E-state index in [1.165, 1.54) is 0 Å². The molecule has 0 spiro atoms. The SMILES string of the molecule is Oc1cc(-c2ccccc2)n(-c2ccc(Cl)cc2)n1. The fourth-order valence-corrected chi connectivity index (χ4v) is 2.09. The van der Waals surface area contributed by atoms with E-state index in [1.54, 1.807) is 22.9 Å². The maximum Gasteiger partial charge on any atom is 0.231 e. The van der Waals surface area contributed by atoms with Crippen LogP contribution in [-0.4, -0.2) is 14.9 Å². The van der Waals surface area contributed by atoms with Crippen molar-refractivity contribution in [3.63, 3.8) is 0 Å². The molecular weight excluding hydrogens is 260 g/mol. The van der Waals surface area contributed by atoms with Gasteiger partial charge in [-0.1, -0.05) is 41.9 Å². The Morgan fingerprint density at radius 1 is 0.947 bits per heavy atom. The third kappa shape index (κ3) is 2.33. The van der Waals surface area contributed by atoms with Crippen LogP contribution in [-0.2, 0) is 0 Å². The van der Waals surface area contributed by atoms with Crippen LogP contribution in [0.3, 0.4) is 0 Å². The first-order chi connectivity index (χ1) is 9.24. The van der Waals surface area contributed by atoms with E-state index in [4.69, 9.17) is 11.6 Å². The highest BCUT2D eigenvalue weighted by Crippen LogP contribution is 2.26. The second-order valence-electron chi connectivity index (χ2n) is 4.14. The lowest BCUT2D eigenvalue weighted by Gasteiger charge is -2.07. The van der Waals surface area contributed by atoms with Crippen molar-refractivity contribution in [3.05, 3.63) is 65.7 Å². The molecule has 1 N–H and O–H groups in total. The molecule has 1 aromatic heterocycles. The minimum Gasteiger partial charge on any atom is -0.492 e. The third-order valence-corrected chi connectivity index (χ3v) is 3.09. The summed E-state index contributed by atoms with van der Waals surface area (Å²) in [4.78, 5) is 0. The van der Waals surface area contributed by atoms with Crippen molar-refractivity contribution in [2.75, 3.05) is 0 Å². The summed E-state index contributed by atoms with van der Waals surface area (Å²) in [5.74, 6) is -0.00574. The van der Waals surface area contributed by atoms with Crippen LogP contribution in [0, 0.1) is 0 Å². The van der Waals surface area contributed by atoms with Crippen molar-refractivity contribution < 1.29 is 5.11 Å². The highest BCUT2D eigenvalue weighted by atomic mass is 35.5. The number of nitrogens with zero attached hydrogens (tertiary/aromatic N) is 2. The second kappa shape index (κ2) is 4.78. The van der Waals surface area contributed by atoms with Gasteiger partial charge in [0.1, 0.15) is 0 Å². The van der Waals surface area contributed by atoms with E-state index < -0.39 is 0 Å². The molecular formula is C15H11ClN2O. The standard InChI is InChI=1S/C15H11ClN2O/c16-12-6-8-13(9-7-12)18-14(10-15(19)17-18)11-4-2-1-3-5-11/h1-10H,(H,17,19). The fraction of sp³-hybridized carbons (Fsp3) is 0. The topological polar surface area (TPSA) is 38.0 Å². The van der Waals surface area contributed by atoms with E-state index in [9.17, 15) is 5.11 Å². The summed E-state index contributed by atoms with van der Waals surface area (Å²) in [5, 5.41) is 14.4. The quantitative estimate of drug-likeness (QED) is 0.767. The van der Waals surface area contributed by atoms with Gasteiger partial charge >= 0.3 is 0 Å². The van der Waals surface area contributed by atoms with Crippen molar-refractivity contribution in [1.29, 1.82) is 0 Å². The first-order valence-electron chi connectivity index (χ1n) is 5.84. The first kappa shape index (κ1) is 11.8. The van der Waals surface area contributed by atoms with Crippen molar-refractivity contribution >= 4 is 11.6 Å². The van der Waals surface area contributed by atoms with E-state index in [1.807, 2.05) is 42.5 Å². The Labute approximate surface area is 115 Å². The van der Waals surface area contributed by atoms with Crippen LogP contribution in [0.2, 0.25) is 5.02 Å². The van der Waals surface area contributed by atoms with Crippen LogP contribution in [0.5, 0.6) is 5.88 Å². The monoisotopic (exact) mass is 270 g/mol. The Kier molecular flexibility index (Phi) is 2.97. The summed E-state index contributed by atoms with van der Waals surface area (Å²) in [6.07, 6.45) is 0. The number of benzene rings is 2. The molecule has 0 aliphatic rings. The smallest absolute Gasteiger partial charge is 0.231 e. The van der Waals surface area contributed by atoms with Crippen LogP contribution < -0.4 is 0 Å². The number of halogens is 1. The minimum absolute atomic E-state index is 0.00574. The molecule has 1 heterocycles. The summed E-state index contributed by atoms with van der Waals surface area (Å²) in [7, 11) is 0. The molecule has 0 saturated carbocycles. The maximum absolute atomic E-state index is 9.65. The molecule has 0 amide bonds. The number of rotatable bonds is 2. The molecule has 3 aromatic rings. The van der Waals surface area contributed by atoms with Crippen molar-refractivity contribution in [2.24, 2.45) is 0 Å². The zero-order valence-corrected chi connectivity index (χ0v) is 10.7. The summed E-state index contributed by atoms with van der Waals surface area (Å²) >= 11 is 5.88. The Morgan fingerprint density at radius 3 is 2.32 bits per heavy atom. The molecule has 0 aliphatic carbocycles. The average Bonchev–Trinajstić information content (AvgIpc) is 2.83. The van der Waals surface area contributed by atoms with E-state index >= 15 is 0 Å². The van der Waals surface area contributed by atoms with E-state index in [2.05, 4.69) is 5.10 Å². The summed E-state index contributed by atoms with van der Waals surface area (Å²) in [6, 6.07) is 18.8. The minimum atomic E-state index is -0.00574. The molecule has 0 saturated heterocycles. The van der Waals surface area contributed by atoms with Crippen LogP contribution in [0.15, 0.2) is 60.7 Å². The van der Waals surface area contributed by atoms with Gasteiger partial charge in [-0.3, -0.25) is 0 Å². The van der Waals surface area contributed by atoms with Gasteiger partial charge in [-0.05, 0) is 24.3 Å². The molecule has 3 rings (SSSR count). The maximum atomic E-state index is 9.65. The fourth-order valence-electron chi connectivity index (χ4n) is 1.96. The van der Waals surface area contributed by atoms with Crippen LogP contribution >= 0.6 is 11.6 Å². The summed E-state index contributed by atoms with van der Waals surface area (Å²) < 4.78 is 1.70. The zero-order valence-electron chi connectivity index (χ0n) is 9.99. The molecule has 94 valence electrons. The Bertz CT molecular complexity index is 690. The van der Waals surface area contributed by atoms with Gasteiger partial charge in [-0.2, -0.15) is 0 Å². The lowest BCUT2D eigenvalue weighted by molar-refractivity contribution is 0.448. The zero-order chi connectivity index (χ0) is 13.2. The van der Waals surface area contributed by atoms with Crippen LogP contribution in [0.1, 0.15) is 0 Å². The second-order valence-corrected chi connectivity index (χ2v) is 4.58. The predicted molar refractivity (Wildman–Crippen MR) is 75.7 cm³/mol. The van der Waals surface area contributed by atoms with Gasteiger partial charge in [0.2, 0.25) is 5.88 Å². The number of hydrogen-bond donors (Lipinski definition) is 1. The number of aromatic nitrogens is 2. The van der Waals surface area contributed by atoms with Gasteiger partial charge in [-0.25, -0.2) is 4.68 Å². The van der Waals surface area contributed by atoms with E-state index in [0.29, 0.717) is 5.02 Å². The molecule has 0 bridgehead atoms. The van der Waals surface area contributed by atoms with Gasteiger partial charge in [-0.15, -0.1) is 5.10 Å². The molecule has 0 aliphatic heterocycles. The highest BCUT2D eigenvalue weighted by Gasteiger charge is 2.10. The first-order valence-corrected chi connectivity index (χ1v) is 6.22. The van der Waals surface area contributed by atoms with E-state index in [-0.39, 0.29) is 5.88 Å². The van der Waals surface area contributed by atoms with Gasteiger partial charge < -0.3 is 5.11 Å². The molecule has 4 heteroatoms. The summed E-state index contributed by atoms with van der Waals surface area (Å²) in [6.45, 7) is 0. The van der Waals surface area contributed by atoms with Gasteiger partial charge in [0, 0.05) is 16.7 Å². The van der Waals surface area contributed by atoms with Gasteiger partial charge in [0.15, 0.2) is 0 Å². The lowest BCUT2D eigenvalue weighted by atomic mass is 10.1. The Hall–Kier alpha value is -2.26. The molecule has 19 heavy (non-hydrogen) atoms. The molecule has 0 unspecified atom stereocenters. The van der Waals surface area contributed by atoms with Gasteiger partial charge in [0.25, 0.3) is 0 Å². The molecule has 0 atom stereocenters. The van der Waals surface area contributed by atoms with Crippen molar-refractivity contribution in [2.45, 2.75) is 0 Å². The Balaban J connectivity index is 2.15. The molecule has 0 radical (unpaired) electrons. The van der Waals surface area contributed by atoms with Gasteiger partial charge in [0.05, 0.1) is 11.4 Å². The normalized spacial score (nSPS) is 10.6. The molecule has 2 aromatic carbocycles. The van der Waals surface area contributed by atoms with Crippen LogP contribution in [0.25, 0.3) is 16.9 Å². The third-order valence-electron chi connectivity index (χ3n) is 2.84. The molecule has 3 nitrogen and oxygen atoms in total.